The molecule has 0 fully saturated rings. The van der Waals surface area contributed by atoms with Crippen LogP contribution >= 0.6 is 16.3 Å². The van der Waals surface area contributed by atoms with Crippen LogP contribution in [0.15, 0.2) is 0 Å². The molecule has 2 atom stereocenters. The maximum absolute atomic E-state index is 6.68. The highest BCUT2D eigenvalue weighted by molar-refractivity contribution is 8.06. The molecule has 0 aliphatic carbocycles. The fourth-order valence-electron chi connectivity index (χ4n) is 0. The van der Waals surface area contributed by atoms with Gasteiger partial charge in [0, 0.05) is 0 Å². The summed E-state index contributed by atoms with van der Waals surface area (Å²) >= 11 is 0. The molecule has 0 spiro atoms. The topological polar surface area (TPSA) is 23.9 Å². The molecule has 0 heterocycles. The summed E-state index contributed by atoms with van der Waals surface area (Å²) in [5.41, 5.74) is 0. The van der Waals surface area contributed by atoms with E-state index in [1.165, 1.54) is 0 Å². The Bertz CT molecular complexity index is 55.8. The Morgan fingerprint density at radius 1 is 2.50 bits per heavy atom. The lowest BCUT2D eigenvalue weighted by Crippen LogP contribution is -1.13. The lowest BCUT2D eigenvalue weighted by molar-refractivity contribution is 1.64. The molecule has 4 heavy (non-hydrogen) atoms. The summed E-state index contributed by atoms with van der Waals surface area (Å²) in [6, 6.07) is 0. The van der Waals surface area contributed by atoms with Crippen molar-refractivity contribution in [1.29, 1.82) is 6.44 Å². The Hall–Kier alpha value is 0.660. The molecule has 0 radical (unpaired) electrons. The predicted octanol–water partition coefficient (Wildman–Crippen LogP) is 1.38. The minimum Gasteiger partial charge on any atom is -0.318 e. The van der Waals surface area contributed by atoms with E-state index in [-0.39, 0.29) is 0 Å². The number of nitrogens with one attached hydrogen (secondary N) is 1. The van der Waals surface area contributed by atoms with Gasteiger partial charge in [-0.1, -0.05) is 8.93 Å². The normalized spacial score (nSPS) is 27.0. The van der Waals surface area contributed by atoms with Crippen molar-refractivity contribution in [2.75, 3.05) is 6.66 Å². The van der Waals surface area contributed by atoms with Gasteiger partial charge in [-0.25, -0.2) is 0 Å². The first-order chi connectivity index (χ1) is 2.00. The van der Waals surface area contributed by atoms with Gasteiger partial charge >= 0.3 is 0 Å². The molecule has 0 aromatic rings. The van der Waals surface area contributed by atoms with Crippen LogP contribution in [0.2, 0.25) is 0 Å². The van der Waals surface area contributed by atoms with E-state index in [9.17, 15) is 0 Å². The first-order valence-electron chi connectivity index (χ1n) is 1.38. The fraction of sp³-hybridized carbons (Fsp3) is 1.00. The van der Waals surface area contributed by atoms with E-state index in [2.05, 4.69) is 8.93 Å². The Labute approximate surface area is 30.4 Å². The van der Waals surface area contributed by atoms with Crippen LogP contribution in [-0.4, -0.2) is 7.94 Å². The van der Waals surface area contributed by atoms with Crippen LogP contribution in [0.25, 0.3) is 0 Å². The van der Waals surface area contributed by atoms with Gasteiger partial charge in [-0.2, -0.15) is 0 Å². The quantitative estimate of drug-likeness (QED) is 0.440. The zero-order valence-corrected chi connectivity index (χ0v) is 4.57. The van der Waals surface area contributed by atoms with Crippen LogP contribution in [0.4, 0.5) is 0 Å². The van der Waals surface area contributed by atoms with E-state index in [0.29, 0.717) is 0 Å². The van der Waals surface area contributed by atoms with Crippen LogP contribution < -0.4 is 0 Å². The van der Waals surface area contributed by atoms with Crippen LogP contribution in [-0.2, 0) is 0 Å². The molecule has 0 aliphatic rings. The standard InChI is InChI=1S/CH7NP2/c1-4(2)3/h2,4H,3H2,1H3/i4D. The van der Waals surface area contributed by atoms with E-state index in [1.54, 1.807) is 6.66 Å². The van der Waals surface area contributed by atoms with Crippen molar-refractivity contribution >= 4 is 16.3 Å². The molecule has 0 saturated heterocycles. The molecule has 26 valence electrons. The van der Waals surface area contributed by atoms with Crippen molar-refractivity contribution in [1.82, 2.24) is 0 Å². The Morgan fingerprint density at radius 2 is 2.50 bits per heavy atom. The second-order valence-electron chi connectivity index (χ2n) is 0.611. The molecular weight excluding hydrogens is 88.0 g/mol. The zero-order chi connectivity index (χ0) is 4.50. The van der Waals surface area contributed by atoms with Crippen molar-refractivity contribution in [2.24, 2.45) is 0 Å². The molecule has 0 aromatic carbocycles. The van der Waals surface area contributed by atoms with Crippen molar-refractivity contribution in [3.05, 3.63) is 0 Å². The van der Waals surface area contributed by atoms with E-state index >= 15 is 0 Å². The van der Waals surface area contributed by atoms with E-state index in [1.807, 2.05) is 0 Å². The Morgan fingerprint density at radius 3 is 2.50 bits per heavy atom. The second kappa shape index (κ2) is 1.93. The van der Waals surface area contributed by atoms with Gasteiger partial charge in [-0.05, 0) is 14.0 Å². The molecule has 2 unspecified atom stereocenters. The first kappa shape index (κ1) is 2.87. The Kier molecular flexibility index (Phi) is 1.39. The van der Waals surface area contributed by atoms with Gasteiger partial charge in [0.1, 0.15) is 0 Å². The maximum Gasteiger partial charge on any atom is 0.0806 e. The predicted molar refractivity (Wildman–Crippen MR) is 26.7 cm³/mol. The van der Waals surface area contributed by atoms with Crippen LogP contribution in [0, 0.1) is 5.16 Å². The van der Waals surface area contributed by atoms with Gasteiger partial charge in [0.15, 0.2) is 0 Å². The van der Waals surface area contributed by atoms with Gasteiger partial charge < -0.3 is 5.16 Å². The van der Waals surface area contributed by atoms with Gasteiger partial charge in [-0.3, -0.25) is 0 Å². The smallest absolute Gasteiger partial charge is 0.0806 e. The van der Waals surface area contributed by atoms with Gasteiger partial charge in [-0.15, -0.1) is 0 Å². The van der Waals surface area contributed by atoms with Gasteiger partial charge in [0.2, 0.25) is 0 Å². The summed E-state index contributed by atoms with van der Waals surface area (Å²) in [6.45, 7) is 1.59. The summed E-state index contributed by atoms with van der Waals surface area (Å²) < 4.78 is 6.68. The third kappa shape index (κ3) is 16.8. The first-order valence-corrected chi connectivity index (χ1v) is 4.34. The van der Waals surface area contributed by atoms with Crippen molar-refractivity contribution in [3.8, 4) is 0 Å². The highest BCUT2D eigenvalue weighted by Gasteiger charge is 1.51. The van der Waals surface area contributed by atoms with Crippen LogP contribution in [0.1, 0.15) is 0 Å². The maximum atomic E-state index is 6.68. The van der Waals surface area contributed by atoms with Gasteiger partial charge in [0.05, 0.1) is 1.28 Å². The monoisotopic (exact) mass is 96.0 g/mol. The summed E-state index contributed by atoms with van der Waals surface area (Å²) in [5, 5.41) is 6.68. The lowest BCUT2D eigenvalue weighted by atomic mass is 12.0. The molecule has 0 saturated carbocycles. The van der Waals surface area contributed by atoms with E-state index < -0.39 is 7.35 Å². The molecule has 1 N–H and O–H groups in total. The molecule has 0 aromatic heterocycles. The van der Waals surface area contributed by atoms with Crippen molar-refractivity contribution in [2.45, 2.75) is 0 Å². The van der Waals surface area contributed by atoms with Crippen LogP contribution in [0.3, 0.4) is 0 Å². The fourth-order valence-corrected chi connectivity index (χ4v) is 0. The lowest BCUT2D eigenvalue weighted by Gasteiger charge is -1.66. The minimum atomic E-state index is -1.97. The SMILES string of the molecule is [2H]P(C)(=N)P. The molecule has 1 nitrogen and oxygen atoms in total. The van der Waals surface area contributed by atoms with Crippen molar-refractivity contribution in [3.63, 3.8) is 0 Å². The highest BCUT2D eigenvalue weighted by Crippen LogP contribution is 2.23. The average molecular weight is 96.0 g/mol. The third-order valence-electron chi connectivity index (χ3n) is 0. The van der Waals surface area contributed by atoms with E-state index in [0.717, 1.165) is 0 Å². The molecule has 0 bridgehead atoms. The number of hydrogen-bond acceptors (Lipinski definition) is 1. The average Bonchev–Trinajstić information content (AvgIpc) is 0.722. The summed E-state index contributed by atoms with van der Waals surface area (Å²) in [7, 11) is 0.187. The number of hydrogen-bond donors (Lipinski definition) is 1. The molecule has 3 heteroatoms. The largest absolute Gasteiger partial charge is 0.318 e. The third-order valence-corrected chi connectivity index (χ3v) is 0. The van der Waals surface area contributed by atoms with Crippen LogP contribution in [0.5, 0.6) is 0 Å². The summed E-state index contributed by atoms with van der Waals surface area (Å²) in [4.78, 5) is 0. The summed E-state index contributed by atoms with van der Waals surface area (Å²) in [5.74, 6) is 0. The highest BCUT2D eigenvalue weighted by atomic mass is 32.0. The number of rotatable bonds is 0. The zero-order valence-electron chi connectivity index (χ0n) is 3.52. The molecular formula is CH7NP2. The molecule has 0 rings (SSSR count). The Balaban J connectivity index is 3.47. The van der Waals surface area contributed by atoms with Crippen molar-refractivity contribution < 1.29 is 0 Å². The second-order valence-corrected chi connectivity index (χ2v) is 4.16. The van der Waals surface area contributed by atoms with E-state index in [4.69, 9.17) is 6.44 Å². The molecule has 0 aliphatic heterocycles. The summed E-state index contributed by atoms with van der Waals surface area (Å²) in [6.07, 6.45) is 0. The van der Waals surface area contributed by atoms with Gasteiger partial charge in [0.25, 0.3) is 0 Å². The molecule has 0 amide bonds. The minimum absolute atomic E-state index is 1.59.